The van der Waals surface area contributed by atoms with Crippen LogP contribution in [0, 0.1) is 0 Å². The van der Waals surface area contributed by atoms with E-state index in [0.717, 1.165) is 23.6 Å². The van der Waals surface area contributed by atoms with Crippen molar-refractivity contribution < 1.29 is 0 Å². The standard InChI is InChI=1S/C10H10ClN3/c11-10-4-2-1-3-9(10)5-6-14-8-12-7-13-14/h1-4,7-8H,5-6H2. The number of nitrogens with zero attached hydrogens (tertiary/aromatic N) is 3. The summed E-state index contributed by atoms with van der Waals surface area (Å²) in [6.07, 6.45) is 4.12. The molecule has 4 heteroatoms. The fraction of sp³-hybridized carbons (Fsp3) is 0.200. The SMILES string of the molecule is Clc1ccccc1CCn1cncn1. The fourth-order valence-corrected chi connectivity index (χ4v) is 1.51. The van der Waals surface area contributed by atoms with Gasteiger partial charge >= 0.3 is 0 Å². The van der Waals surface area contributed by atoms with Crippen LogP contribution in [0.5, 0.6) is 0 Å². The first-order chi connectivity index (χ1) is 6.86. The molecule has 0 aliphatic rings. The van der Waals surface area contributed by atoms with Gasteiger partial charge in [-0.2, -0.15) is 5.10 Å². The van der Waals surface area contributed by atoms with Crippen molar-refractivity contribution in [3.63, 3.8) is 0 Å². The Hall–Kier alpha value is -1.35. The van der Waals surface area contributed by atoms with Crippen molar-refractivity contribution in [2.45, 2.75) is 13.0 Å². The predicted molar refractivity (Wildman–Crippen MR) is 55.2 cm³/mol. The summed E-state index contributed by atoms with van der Waals surface area (Å²) in [6.45, 7) is 0.809. The molecule has 0 saturated heterocycles. The zero-order chi connectivity index (χ0) is 9.80. The van der Waals surface area contributed by atoms with E-state index in [1.54, 1.807) is 11.0 Å². The van der Waals surface area contributed by atoms with Crippen molar-refractivity contribution in [2.75, 3.05) is 0 Å². The summed E-state index contributed by atoms with van der Waals surface area (Å²) in [5.74, 6) is 0. The zero-order valence-corrected chi connectivity index (χ0v) is 8.35. The van der Waals surface area contributed by atoms with Crippen molar-refractivity contribution in [3.05, 3.63) is 47.5 Å². The molecule has 1 heterocycles. The molecule has 0 aliphatic carbocycles. The smallest absolute Gasteiger partial charge is 0.137 e. The molecule has 0 bridgehead atoms. The molecule has 14 heavy (non-hydrogen) atoms. The Kier molecular flexibility index (Phi) is 2.79. The molecule has 0 N–H and O–H groups in total. The number of halogens is 1. The Morgan fingerprint density at radius 2 is 2.14 bits per heavy atom. The summed E-state index contributed by atoms with van der Waals surface area (Å²) in [5.41, 5.74) is 1.14. The first-order valence-corrected chi connectivity index (χ1v) is 4.80. The lowest BCUT2D eigenvalue weighted by Crippen LogP contribution is -2.01. The fourth-order valence-electron chi connectivity index (χ4n) is 1.28. The normalized spacial score (nSPS) is 10.4. The maximum atomic E-state index is 6.02. The van der Waals surface area contributed by atoms with Gasteiger partial charge in [-0.15, -0.1) is 0 Å². The third-order valence-corrected chi connectivity index (χ3v) is 2.40. The lowest BCUT2D eigenvalue weighted by molar-refractivity contribution is 0.613. The molecule has 2 aromatic rings. The Labute approximate surface area is 87.3 Å². The molecule has 2 rings (SSSR count). The van der Waals surface area contributed by atoms with Crippen LogP contribution in [-0.4, -0.2) is 14.8 Å². The molecule has 72 valence electrons. The van der Waals surface area contributed by atoms with Crippen LogP contribution in [0.2, 0.25) is 5.02 Å². The van der Waals surface area contributed by atoms with Crippen LogP contribution in [0.3, 0.4) is 0 Å². The summed E-state index contributed by atoms with van der Waals surface area (Å²) in [5, 5.41) is 4.84. The maximum absolute atomic E-state index is 6.02. The molecule has 3 nitrogen and oxygen atoms in total. The third kappa shape index (κ3) is 2.12. The van der Waals surface area contributed by atoms with Crippen LogP contribution in [0.1, 0.15) is 5.56 Å². The van der Waals surface area contributed by atoms with Gasteiger partial charge in [0.15, 0.2) is 0 Å². The van der Waals surface area contributed by atoms with Gasteiger partial charge in [-0.3, -0.25) is 4.68 Å². The number of aryl methyl sites for hydroxylation is 2. The van der Waals surface area contributed by atoms with E-state index < -0.39 is 0 Å². The van der Waals surface area contributed by atoms with E-state index >= 15 is 0 Å². The largest absolute Gasteiger partial charge is 0.253 e. The first-order valence-electron chi connectivity index (χ1n) is 4.42. The van der Waals surface area contributed by atoms with Crippen LogP contribution >= 0.6 is 11.6 Å². The molecule has 0 amide bonds. The highest BCUT2D eigenvalue weighted by Gasteiger charge is 1.99. The second-order valence-corrected chi connectivity index (χ2v) is 3.41. The van der Waals surface area contributed by atoms with Crippen LogP contribution in [-0.2, 0) is 13.0 Å². The average Bonchev–Trinajstić information content (AvgIpc) is 2.69. The first kappa shape index (κ1) is 9.21. The quantitative estimate of drug-likeness (QED) is 0.773. The van der Waals surface area contributed by atoms with E-state index in [9.17, 15) is 0 Å². The van der Waals surface area contributed by atoms with Gasteiger partial charge in [-0.25, -0.2) is 4.98 Å². The van der Waals surface area contributed by atoms with Crippen molar-refractivity contribution in [2.24, 2.45) is 0 Å². The summed E-state index contributed by atoms with van der Waals surface area (Å²) in [4.78, 5) is 3.88. The molecule has 0 spiro atoms. The summed E-state index contributed by atoms with van der Waals surface area (Å²) >= 11 is 6.02. The lowest BCUT2D eigenvalue weighted by atomic mass is 10.1. The van der Waals surface area contributed by atoms with E-state index in [1.165, 1.54) is 6.33 Å². The van der Waals surface area contributed by atoms with Gasteiger partial charge in [0.1, 0.15) is 12.7 Å². The number of aromatic nitrogens is 3. The molecule has 0 aliphatic heterocycles. The molecule has 0 fully saturated rings. The molecule has 0 atom stereocenters. The van der Waals surface area contributed by atoms with Crippen LogP contribution in [0.15, 0.2) is 36.9 Å². The summed E-state index contributed by atoms with van der Waals surface area (Å²) < 4.78 is 1.79. The van der Waals surface area contributed by atoms with E-state index in [2.05, 4.69) is 10.1 Å². The van der Waals surface area contributed by atoms with Gasteiger partial charge in [-0.05, 0) is 18.1 Å². The number of hydrogen-bond donors (Lipinski definition) is 0. The Morgan fingerprint density at radius 3 is 2.86 bits per heavy atom. The minimum absolute atomic E-state index is 0.809. The molecule has 1 aromatic carbocycles. The topological polar surface area (TPSA) is 30.7 Å². The number of benzene rings is 1. The molecule has 1 aromatic heterocycles. The van der Waals surface area contributed by atoms with E-state index in [-0.39, 0.29) is 0 Å². The van der Waals surface area contributed by atoms with Gasteiger partial charge in [-0.1, -0.05) is 29.8 Å². The number of rotatable bonds is 3. The Morgan fingerprint density at radius 1 is 1.29 bits per heavy atom. The molecule has 0 unspecified atom stereocenters. The van der Waals surface area contributed by atoms with Gasteiger partial charge in [0.2, 0.25) is 0 Å². The summed E-state index contributed by atoms with van der Waals surface area (Å²) in [6, 6.07) is 7.85. The van der Waals surface area contributed by atoms with Crippen molar-refractivity contribution >= 4 is 11.6 Å². The van der Waals surface area contributed by atoms with E-state index in [4.69, 9.17) is 11.6 Å². The minimum atomic E-state index is 0.809. The Balaban J connectivity index is 2.02. The molecular weight excluding hydrogens is 198 g/mol. The molecular formula is C10H10ClN3. The van der Waals surface area contributed by atoms with Gasteiger partial charge in [0, 0.05) is 11.6 Å². The Bertz CT molecular complexity index is 398. The minimum Gasteiger partial charge on any atom is -0.253 e. The van der Waals surface area contributed by atoms with E-state index in [1.807, 2.05) is 24.3 Å². The van der Waals surface area contributed by atoms with Crippen LogP contribution < -0.4 is 0 Å². The van der Waals surface area contributed by atoms with Gasteiger partial charge < -0.3 is 0 Å². The second-order valence-electron chi connectivity index (χ2n) is 3.00. The third-order valence-electron chi connectivity index (χ3n) is 2.03. The van der Waals surface area contributed by atoms with Gasteiger partial charge in [0.05, 0.1) is 0 Å². The molecule has 0 saturated carbocycles. The average molecular weight is 208 g/mol. The van der Waals surface area contributed by atoms with Crippen LogP contribution in [0.4, 0.5) is 0 Å². The van der Waals surface area contributed by atoms with Crippen molar-refractivity contribution in [3.8, 4) is 0 Å². The summed E-state index contributed by atoms with van der Waals surface area (Å²) in [7, 11) is 0. The predicted octanol–water partition coefficient (Wildman–Crippen LogP) is 2.17. The van der Waals surface area contributed by atoms with Crippen molar-refractivity contribution in [1.82, 2.24) is 14.8 Å². The molecule has 0 radical (unpaired) electrons. The number of hydrogen-bond acceptors (Lipinski definition) is 2. The van der Waals surface area contributed by atoms with Crippen molar-refractivity contribution in [1.29, 1.82) is 0 Å². The highest BCUT2D eigenvalue weighted by atomic mass is 35.5. The highest BCUT2D eigenvalue weighted by molar-refractivity contribution is 6.31. The second kappa shape index (κ2) is 4.24. The van der Waals surface area contributed by atoms with Gasteiger partial charge in [0.25, 0.3) is 0 Å². The lowest BCUT2D eigenvalue weighted by Gasteiger charge is -2.03. The van der Waals surface area contributed by atoms with Crippen LogP contribution in [0.25, 0.3) is 0 Å². The van der Waals surface area contributed by atoms with E-state index in [0.29, 0.717) is 0 Å². The maximum Gasteiger partial charge on any atom is 0.137 e. The highest BCUT2D eigenvalue weighted by Crippen LogP contribution is 2.15. The monoisotopic (exact) mass is 207 g/mol. The zero-order valence-electron chi connectivity index (χ0n) is 7.60.